The van der Waals surface area contributed by atoms with Crippen molar-refractivity contribution in [2.24, 2.45) is 0 Å². The number of aryl methyl sites for hydroxylation is 1. The Balaban J connectivity index is 1.81. The lowest BCUT2D eigenvalue weighted by atomic mass is 10.4. The molecule has 0 N–H and O–H groups in total. The van der Waals surface area contributed by atoms with Gasteiger partial charge in [-0.15, -0.1) is 11.3 Å². The van der Waals surface area contributed by atoms with Crippen LogP contribution in [-0.4, -0.2) is 19.7 Å². The van der Waals surface area contributed by atoms with Gasteiger partial charge in [0.1, 0.15) is 0 Å². The molecule has 0 unspecified atom stereocenters. The Bertz CT molecular complexity index is 467. The van der Waals surface area contributed by atoms with Gasteiger partial charge in [0.15, 0.2) is 0 Å². The fraction of sp³-hybridized carbons (Fsp3) is 0.300. The molecule has 0 radical (unpaired) electrons. The lowest BCUT2D eigenvalue weighted by Gasteiger charge is -2.01. The second-order valence-corrected chi connectivity index (χ2v) is 7.18. The Hall–Kier alpha value is -0.460. The van der Waals surface area contributed by atoms with Crippen LogP contribution in [0, 0.1) is 0 Å². The zero-order valence-corrected chi connectivity index (χ0v) is 11.7. The van der Waals surface area contributed by atoms with E-state index in [2.05, 4.69) is 21.0 Å². The molecule has 0 aromatic carbocycles. The molecule has 0 saturated carbocycles. The summed E-state index contributed by atoms with van der Waals surface area (Å²) in [4.78, 5) is 0. The average molecular weight is 319 g/mol. The summed E-state index contributed by atoms with van der Waals surface area (Å²) in [5.74, 6) is 1.28. The van der Waals surface area contributed by atoms with Crippen molar-refractivity contribution in [1.29, 1.82) is 0 Å². The van der Waals surface area contributed by atoms with Gasteiger partial charge >= 0.3 is 0 Å². The quantitative estimate of drug-likeness (QED) is 0.849. The summed E-state index contributed by atoms with van der Waals surface area (Å²) in [7, 11) is -0.817. The van der Waals surface area contributed by atoms with Crippen LogP contribution in [0.5, 0.6) is 0 Å². The Morgan fingerprint density at radius 1 is 1.56 bits per heavy atom. The van der Waals surface area contributed by atoms with Crippen LogP contribution in [0.2, 0.25) is 0 Å². The van der Waals surface area contributed by atoms with Crippen molar-refractivity contribution < 1.29 is 4.21 Å². The molecular formula is C10H11BrN2OS2. The normalized spacial score (nSPS) is 12.8. The molecule has 0 aliphatic heterocycles. The van der Waals surface area contributed by atoms with Crippen molar-refractivity contribution >= 4 is 38.1 Å². The molecule has 86 valence electrons. The highest BCUT2D eigenvalue weighted by Gasteiger charge is 2.04. The lowest BCUT2D eigenvalue weighted by Crippen LogP contribution is -2.09. The van der Waals surface area contributed by atoms with E-state index in [-0.39, 0.29) is 0 Å². The van der Waals surface area contributed by atoms with E-state index >= 15 is 0 Å². The number of hydrogen-bond donors (Lipinski definition) is 0. The van der Waals surface area contributed by atoms with Gasteiger partial charge in [0.2, 0.25) is 0 Å². The molecule has 0 aliphatic rings. The second kappa shape index (κ2) is 5.75. The summed E-state index contributed by atoms with van der Waals surface area (Å²) < 4.78 is 14.7. The highest BCUT2D eigenvalue weighted by molar-refractivity contribution is 9.11. The van der Waals surface area contributed by atoms with Gasteiger partial charge in [-0.2, -0.15) is 5.10 Å². The van der Waals surface area contributed by atoms with Crippen LogP contribution < -0.4 is 0 Å². The maximum absolute atomic E-state index is 11.8. The van der Waals surface area contributed by atoms with Gasteiger partial charge < -0.3 is 0 Å². The van der Waals surface area contributed by atoms with Crippen LogP contribution in [0.4, 0.5) is 0 Å². The molecule has 6 heteroatoms. The molecule has 0 bridgehead atoms. The minimum absolute atomic E-state index is 0.628. The van der Waals surface area contributed by atoms with Crippen LogP contribution in [0.3, 0.4) is 0 Å². The van der Waals surface area contributed by atoms with Crippen molar-refractivity contribution in [2.75, 3.05) is 5.75 Å². The zero-order chi connectivity index (χ0) is 11.4. The first-order chi connectivity index (χ1) is 7.74. The molecular weight excluding hydrogens is 308 g/mol. The molecule has 1 atom stereocenters. The zero-order valence-electron chi connectivity index (χ0n) is 8.51. The number of halogens is 1. The second-order valence-electron chi connectivity index (χ2n) is 3.32. The molecule has 0 amide bonds. The first-order valence-corrected chi connectivity index (χ1v) is 7.95. The van der Waals surface area contributed by atoms with Crippen LogP contribution >= 0.6 is 27.3 Å². The number of hydrogen-bond acceptors (Lipinski definition) is 3. The molecule has 0 fully saturated rings. The average Bonchev–Trinajstić information content (AvgIpc) is 2.87. The van der Waals surface area contributed by atoms with Crippen LogP contribution in [0.15, 0.2) is 33.7 Å². The first-order valence-electron chi connectivity index (χ1n) is 4.79. The molecule has 2 aromatic heterocycles. The Morgan fingerprint density at radius 2 is 2.44 bits per heavy atom. The van der Waals surface area contributed by atoms with Gasteiger partial charge in [-0.1, -0.05) is 0 Å². The molecule has 0 saturated heterocycles. The van der Waals surface area contributed by atoms with Gasteiger partial charge in [-0.05, 0) is 39.0 Å². The SMILES string of the molecule is O=[S@](CCn1cccn1)Cc1csc(Br)c1. The monoisotopic (exact) mass is 318 g/mol. The van der Waals surface area contributed by atoms with Crippen molar-refractivity contribution in [3.63, 3.8) is 0 Å². The van der Waals surface area contributed by atoms with E-state index in [1.807, 2.05) is 23.7 Å². The van der Waals surface area contributed by atoms with Crippen molar-refractivity contribution in [3.8, 4) is 0 Å². The topological polar surface area (TPSA) is 34.9 Å². The van der Waals surface area contributed by atoms with Gasteiger partial charge in [-0.3, -0.25) is 8.89 Å². The van der Waals surface area contributed by atoms with Gasteiger partial charge in [0.05, 0.1) is 10.3 Å². The maximum atomic E-state index is 11.8. The minimum atomic E-state index is -0.817. The van der Waals surface area contributed by atoms with Crippen LogP contribution in [-0.2, 0) is 23.1 Å². The lowest BCUT2D eigenvalue weighted by molar-refractivity contribution is 0.644. The van der Waals surface area contributed by atoms with E-state index in [9.17, 15) is 4.21 Å². The van der Waals surface area contributed by atoms with Gasteiger partial charge in [-0.25, -0.2) is 0 Å². The Morgan fingerprint density at radius 3 is 3.06 bits per heavy atom. The molecule has 2 aromatic rings. The summed E-state index contributed by atoms with van der Waals surface area (Å²) in [6.07, 6.45) is 3.62. The van der Waals surface area contributed by atoms with Crippen LogP contribution in [0.1, 0.15) is 5.56 Å². The molecule has 16 heavy (non-hydrogen) atoms. The largest absolute Gasteiger partial charge is 0.272 e. The molecule has 0 aliphatic carbocycles. The highest BCUT2D eigenvalue weighted by atomic mass is 79.9. The van der Waals surface area contributed by atoms with E-state index < -0.39 is 10.8 Å². The summed E-state index contributed by atoms with van der Waals surface area (Å²) in [6.45, 7) is 0.713. The number of nitrogens with zero attached hydrogens (tertiary/aromatic N) is 2. The predicted octanol–water partition coefficient (Wildman–Crippen LogP) is 2.66. The van der Waals surface area contributed by atoms with Crippen LogP contribution in [0.25, 0.3) is 0 Å². The Labute approximate surface area is 109 Å². The highest BCUT2D eigenvalue weighted by Crippen LogP contribution is 2.21. The summed E-state index contributed by atoms with van der Waals surface area (Å²) in [6, 6.07) is 3.90. The third kappa shape index (κ3) is 3.54. The number of thiophene rings is 1. The standard InChI is InChI=1S/C10H11BrN2OS2/c11-10-6-9(7-15-10)8-16(14)5-4-13-3-1-2-12-13/h1-3,6-7H,4-5,8H2/t16-/m1/s1. The summed E-state index contributed by atoms with van der Waals surface area (Å²) in [5, 5.41) is 6.11. The van der Waals surface area contributed by atoms with E-state index in [0.717, 1.165) is 9.35 Å². The minimum Gasteiger partial charge on any atom is -0.272 e. The van der Waals surface area contributed by atoms with E-state index in [1.54, 1.807) is 22.2 Å². The third-order valence-corrected chi connectivity index (χ3v) is 4.90. The smallest absolute Gasteiger partial charge is 0.0701 e. The van der Waals surface area contributed by atoms with Gasteiger partial charge in [0.25, 0.3) is 0 Å². The molecule has 3 nitrogen and oxygen atoms in total. The van der Waals surface area contributed by atoms with Crippen molar-refractivity contribution in [3.05, 3.63) is 39.3 Å². The van der Waals surface area contributed by atoms with E-state index in [1.165, 1.54) is 0 Å². The first kappa shape index (κ1) is 12.0. The fourth-order valence-electron chi connectivity index (χ4n) is 1.31. The fourth-order valence-corrected chi connectivity index (χ4v) is 3.70. The third-order valence-electron chi connectivity index (χ3n) is 2.06. The Kier molecular flexibility index (Phi) is 4.31. The summed E-state index contributed by atoms with van der Waals surface area (Å²) >= 11 is 5.02. The molecule has 0 spiro atoms. The number of aromatic nitrogens is 2. The predicted molar refractivity (Wildman–Crippen MR) is 71.0 cm³/mol. The maximum Gasteiger partial charge on any atom is 0.0701 e. The van der Waals surface area contributed by atoms with E-state index in [0.29, 0.717) is 18.1 Å². The molecule has 2 rings (SSSR count). The van der Waals surface area contributed by atoms with Gasteiger partial charge in [0, 0.05) is 34.7 Å². The van der Waals surface area contributed by atoms with Crippen molar-refractivity contribution in [2.45, 2.75) is 12.3 Å². The molecule has 2 heterocycles. The number of rotatable bonds is 5. The van der Waals surface area contributed by atoms with E-state index in [4.69, 9.17) is 0 Å². The van der Waals surface area contributed by atoms with Crippen molar-refractivity contribution in [1.82, 2.24) is 9.78 Å². The summed E-state index contributed by atoms with van der Waals surface area (Å²) in [5.41, 5.74) is 1.13.